The van der Waals surface area contributed by atoms with Crippen molar-refractivity contribution in [3.63, 3.8) is 0 Å². The molecule has 3 aromatic heterocycles. The summed E-state index contributed by atoms with van der Waals surface area (Å²) >= 11 is 5.51. The van der Waals surface area contributed by atoms with Crippen LogP contribution >= 0.6 is 11.6 Å². The molecule has 0 radical (unpaired) electrons. The highest BCUT2D eigenvalue weighted by atomic mass is 35.5. The lowest BCUT2D eigenvalue weighted by molar-refractivity contribution is -0.287. The van der Waals surface area contributed by atoms with Gasteiger partial charge in [-0.05, 0) is 185 Å². The van der Waals surface area contributed by atoms with Gasteiger partial charge < -0.3 is 92.3 Å². The summed E-state index contributed by atoms with van der Waals surface area (Å²) in [5, 5.41) is 52.9. The summed E-state index contributed by atoms with van der Waals surface area (Å²) in [6.45, 7) is 14.4. The topological polar surface area (TPSA) is 285 Å². The summed E-state index contributed by atoms with van der Waals surface area (Å²) < 4.78 is 181. The van der Waals surface area contributed by atoms with Crippen LogP contribution in [0.25, 0.3) is 32.7 Å². The lowest BCUT2D eigenvalue weighted by Gasteiger charge is -2.28. The van der Waals surface area contributed by atoms with Crippen molar-refractivity contribution in [1.29, 1.82) is 0 Å². The van der Waals surface area contributed by atoms with Gasteiger partial charge >= 0.3 is 18.9 Å². The molecule has 140 heavy (non-hydrogen) atoms. The van der Waals surface area contributed by atoms with Crippen molar-refractivity contribution in [2.24, 2.45) is 0 Å². The number of carbonyl (C=O) groups is 3. The Balaban J connectivity index is 0.000000142. The monoisotopic (exact) mass is 1950 g/mol. The average Bonchev–Trinajstić information content (AvgIpc) is 1.54. The molecule has 19 rings (SSSR count). The fraction of sp³-hybridized carbons (Fsp3) is 0.361. The van der Waals surface area contributed by atoms with Crippen LogP contribution < -0.4 is 34.2 Å². The van der Waals surface area contributed by atoms with Crippen LogP contribution in [0.4, 0.5) is 45.2 Å². The Hall–Kier alpha value is -12.3. The SMILES string of the molecule is CC(C)(CO)c1cc2cc(CC(=O)C3(c4ccc5c(c4)OC(F)(F)O5)CC3)c(F)cc2n1C[C@@H](O)CO.CC(C)(COCc1ccccc1)c1cc2cc(CC(=O)C3(c4ccc5c(c4)OC(F)(F)O5)CC3)c(F)cc2n1C[C@@H](O)COCc1ccccc1.CC(C)(COCc1ccccc1)c1cc2cc(N)c(F)cc2n1CC(O)COCc1ccccc1.O=C(Cl)C1(c2ccc3c(c2)OC(F)(F)O3)CC1. The van der Waals surface area contributed by atoms with Crippen molar-refractivity contribution >= 4 is 66.8 Å². The molecule has 32 heteroatoms. The van der Waals surface area contributed by atoms with Crippen molar-refractivity contribution in [3.05, 3.63) is 315 Å². The summed E-state index contributed by atoms with van der Waals surface area (Å²) in [5.74, 6) is -2.61. The number of fused-ring (bicyclic) bond motifs is 6. The summed E-state index contributed by atoms with van der Waals surface area (Å²) in [6.07, 6.45) is -10.9. The minimum Gasteiger partial charge on any atom is -0.396 e. The molecule has 0 bridgehead atoms. The molecular weight excluding hydrogens is 1850 g/mol. The van der Waals surface area contributed by atoms with Gasteiger partial charge in [-0.1, -0.05) is 181 Å². The molecule has 1 unspecified atom stereocenters. The fourth-order valence-corrected chi connectivity index (χ4v) is 18.5. The minimum absolute atomic E-state index is 0.00273. The molecule has 3 aliphatic carbocycles. The molecule has 10 aromatic carbocycles. The molecule has 738 valence electrons. The van der Waals surface area contributed by atoms with E-state index in [1.54, 1.807) is 47.0 Å². The molecule has 22 nitrogen and oxygen atoms in total. The molecule has 3 saturated carbocycles. The van der Waals surface area contributed by atoms with Gasteiger partial charge in [0.25, 0.3) is 0 Å². The van der Waals surface area contributed by atoms with E-state index >= 15 is 8.78 Å². The highest BCUT2D eigenvalue weighted by Crippen LogP contribution is 2.57. The van der Waals surface area contributed by atoms with E-state index in [2.05, 4.69) is 42.3 Å². The van der Waals surface area contributed by atoms with Gasteiger partial charge in [0, 0.05) is 68.4 Å². The van der Waals surface area contributed by atoms with Gasteiger partial charge in [0.2, 0.25) is 5.24 Å². The van der Waals surface area contributed by atoms with Crippen LogP contribution in [0.15, 0.2) is 231 Å². The van der Waals surface area contributed by atoms with E-state index < -0.39 is 99.0 Å². The third-order valence-corrected chi connectivity index (χ3v) is 26.6. The molecule has 0 amide bonds. The minimum atomic E-state index is -3.76. The number of hydrogen-bond acceptors (Lipinski definition) is 19. The van der Waals surface area contributed by atoms with E-state index in [1.165, 1.54) is 54.6 Å². The maximum Gasteiger partial charge on any atom is 0.586 e. The van der Waals surface area contributed by atoms with Gasteiger partial charge in [-0.2, -0.15) is 0 Å². The van der Waals surface area contributed by atoms with Crippen LogP contribution in [0, 0.1) is 17.5 Å². The van der Waals surface area contributed by atoms with E-state index in [0.717, 1.165) is 44.4 Å². The summed E-state index contributed by atoms with van der Waals surface area (Å²) in [6, 6.07) is 67.2. The van der Waals surface area contributed by atoms with Crippen molar-refractivity contribution < 1.29 is 127 Å². The number of aliphatic hydroxyl groups excluding tert-OH is 5. The van der Waals surface area contributed by atoms with Crippen molar-refractivity contribution in [3.8, 4) is 34.5 Å². The van der Waals surface area contributed by atoms with Crippen molar-refractivity contribution in [1.82, 2.24) is 13.7 Å². The van der Waals surface area contributed by atoms with Crippen LogP contribution in [0.2, 0.25) is 0 Å². The quantitative estimate of drug-likeness (QED) is 0.0120. The maximum absolute atomic E-state index is 16.0. The zero-order chi connectivity index (χ0) is 99.7. The van der Waals surface area contributed by atoms with Gasteiger partial charge in [-0.3, -0.25) is 14.4 Å². The molecule has 13 aromatic rings. The van der Waals surface area contributed by atoms with Crippen molar-refractivity contribution in [2.45, 2.75) is 209 Å². The Kier molecular flexibility index (Phi) is 29.3. The molecule has 3 aliphatic heterocycles. The van der Waals surface area contributed by atoms with Crippen LogP contribution in [-0.4, -0.2) is 133 Å². The number of hydrogen-bond donors (Lipinski definition) is 6. The lowest BCUT2D eigenvalue weighted by Crippen LogP contribution is -2.30. The van der Waals surface area contributed by atoms with Gasteiger partial charge in [0.1, 0.15) is 29.0 Å². The molecule has 3 atom stereocenters. The highest BCUT2D eigenvalue weighted by Gasteiger charge is 2.56. The first kappa shape index (κ1) is 101. The Morgan fingerprint density at radius 3 is 1.01 bits per heavy atom. The third-order valence-electron chi connectivity index (χ3n) is 26.3. The number of rotatable bonds is 37. The molecule has 3 fully saturated rings. The number of nitrogens with two attached hydrogens (primary N) is 1. The molecule has 6 heterocycles. The standard InChI is InChI=1S/C41H40F3NO6.C29H33FN2O3.C27H28F3NO6.C11H7ClF2O3/c1-39(2,26-49-24-28-11-7-4-8-12-28)37-18-30-17-29(19-38(47)40(15-16-40)31-13-14-35-36(20-31)51-41(43,44)50-35)33(42)21-34(30)45(37)22-32(46)25-48-23-27-9-5-3-6-10-27;1-29(2,20-35-18-22-11-7-4-8-12-22)28-14-23-13-26(31)25(30)15-27(23)32(28)16-24(33)19-34-17-21-9-5-3-6-10-21;1-25(2,14-33)23-8-16-7-15(19(28)11-20(16)31(23)12-18(34)13-32)9-24(35)26(5-6-26)17-3-4-21-22(10-17)37-27(29,30)36-21;12-9(15)10(3-4-10)6-1-2-7-8(5-6)17-11(13,14)16-7/h3-14,17-18,20-21,32,46H,15-16,19,22-26H2,1-2H3;3-15,24,33H,16-20,31H2,1-2H3;3-4,7-8,10-11,18,32-34H,5-6,9,12-14H2,1-2H3;1-2,5H,3-4H2/t32-;;18-;/m1.1./s1. The third kappa shape index (κ3) is 22.8. The summed E-state index contributed by atoms with van der Waals surface area (Å²) in [7, 11) is 0. The molecule has 7 N–H and O–H groups in total. The van der Waals surface area contributed by atoms with Crippen LogP contribution in [0.5, 0.6) is 34.5 Å². The lowest BCUT2D eigenvalue weighted by atomic mass is 9.87. The fourth-order valence-electron chi connectivity index (χ4n) is 18.2. The Morgan fingerprint density at radius 2 is 0.686 bits per heavy atom. The normalized spacial score (nSPS) is 16.7. The van der Waals surface area contributed by atoms with Gasteiger partial charge in [0.05, 0.1) is 142 Å². The smallest absolute Gasteiger partial charge is 0.396 e. The Bertz CT molecular complexity index is 6670. The maximum atomic E-state index is 16.0. The van der Waals surface area contributed by atoms with Crippen LogP contribution in [0.3, 0.4) is 0 Å². The van der Waals surface area contributed by atoms with E-state index in [0.29, 0.717) is 122 Å². The van der Waals surface area contributed by atoms with Gasteiger partial charge in [-0.15, -0.1) is 26.3 Å². The van der Waals surface area contributed by atoms with Crippen LogP contribution in [-0.2, 0) is 125 Å². The number of aromatic nitrogens is 3. The predicted octanol–water partition coefficient (Wildman–Crippen LogP) is 19.8. The molecule has 0 spiro atoms. The zero-order valence-corrected chi connectivity index (χ0v) is 78.5. The van der Waals surface area contributed by atoms with Crippen molar-refractivity contribution in [2.75, 3.05) is 45.4 Å². The van der Waals surface area contributed by atoms with E-state index in [-0.39, 0.29) is 115 Å². The second-order valence-corrected chi connectivity index (χ2v) is 38.8. The number of alkyl halides is 6. The molecule has 6 aliphatic rings. The zero-order valence-electron chi connectivity index (χ0n) is 77.8. The first-order valence-electron chi connectivity index (χ1n) is 46.0. The molecule has 0 saturated heterocycles. The van der Waals surface area contributed by atoms with Gasteiger partial charge in [-0.25, -0.2) is 13.2 Å². The Morgan fingerprint density at radius 1 is 0.386 bits per heavy atom. The highest BCUT2D eigenvalue weighted by molar-refractivity contribution is 6.66. The number of Topliss-reactive ketones (excluding diaryl/α,β-unsaturated/α-hetero) is 2. The number of ether oxygens (including phenoxy) is 10. The number of halogens is 10. The van der Waals surface area contributed by atoms with Gasteiger partial charge in [0.15, 0.2) is 34.5 Å². The number of nitrogens with zero attached hydrogens (tertiary/aromatic N) is 3. The number of benzene rings is 10. The van der Waals surface area contributed by atoms with E-state index in [4.69, 9.17) is 36.3 Å². The number of ketones is 2. The second-order valence-electron chi connectivity index (χ2n) is 38.5. The number of aliphatic hydroxyl groups is 5. The molecular formula is C108H108ClF9N4O18. The van der Waals surface area contributed by atoms with E-state index in [9.17, 15) is 70.6 Å². The summed E-state index contributed by atoms with van der Waals surface area (Å²) in [4.78, 5) is 38.5. The average molecular weight is 1960 g/mol. The first-order chi connectivity index (χ1) is 66.6. The number of anilines is 1. The van der Waals surface area contributed by atoms with Crippen LogP contribution in [0.1, 0.15) is 147 Å². The number of nitrogen functional groups attached to an aromatic ring is 1. The number of carbonyl (C=O) groups excluding carboxylic acids is 3. The largest absolute Gasteiger partial charge is 0.586 e. The van der Waals surface area contributed by atoms with E-state index in [1.807, 2.05) is 170 Å². The predicted molar refractivity (Wildman–Crippen MR) is 505 cm³/mol. The Labute approximate surface area is 806 Å². The first-order valence-corrected chi connectivity index (χ1v) is 46.4. The second kappa shape index (κ2) is 40.7. The summed E-state index contributed by atoms with van der Waals surface area (Å²) in [5.41, 5.74) is 12.2.